The second-order valence-corrected chi connectivity index (χ2v) is 5.71. The number of nitrogens with zero attached hydrogens (tertiary/aromatic N) is 2. The van der Waals surface area contributed by atoms with Gasteiger partial charge in [0.1, 0.15) is 6.04 Å². The molecule has 7 N–H and O–H groups in total. The first-order valence-electron chi connectivity index (χ1n) is 7.99. The lowest BCUT2D eigenvalue weighted by atomic mass is 10.1. The number of carbonyl (C=O) groups is 4. The van der Waals surface area contributed by atoms with E-state index >= 15 is 0 Å². The van der Waals surface area contributed by atoms with E-state index in [0.29, 0.717) is 19.4 Å². The number of alkyl carbamates (subject to hydrolysis) is 1. The van der Waals surface area contributed by atoms with Crippen molar-refractivity contribution in [1.29, 1.82) is 0 Å². The van der Waals surface area contributed by atoms with Crippen molar-refractivity contribution in [3.63, 3.8) is 0 Å². The molecule has 1 unspecified atom stereocenters. The van der Waals surface area contributed by atoms with Gasteiger partial charge in [-0.2, -0.15) is 0 Å². The zero-order chi connectivity index (χ0) is 19.7. The molecular formula is C14H25N7O5. The number of primary amides is 1. The molecule has 0 saturated heterocycles. The van der Waals surface area contributed by atoms with Crippen LogP contribution in [0.4, 0.5) is 9.59 Å². The van der Waals surface area contributed by atoms with Crippen LogP contribution in [0.5, 0.6) is 0 Å². The molecule has 0 aromatic carbocycles. The van der Waals surface area contributed by atoms with Gasteiger partial charge >= 0.3 is 12.1 Å². The number of guanidine groups is 1. The highest BCUT2D eigenvalue weighted by Gasteiger charge is 2.31. The fourth-order valence-electron chi connectivity index (χ4n) is 2.26. The minimum absolute atomic E-state index is 0.00196. The fourth-order valence-corrected chi connectivity index (χ4v) is 2.26. The minimum atomic E-state index is -0.848. The summed E-state index contributed by atoms with van der Waals surface area (Å²) in [6.07, 6.45) is 0.632. The number of urea groups is 1. The Morgan fingerprint density at radius 2 is 2.15 bits per heavy atom. The average Bonchev–Trinajstić information content (AvgIpc) is 2.57. The quantitative estimate of drug-likeness (QED) is 0.317. The van der Waals surface area contributed by atoms with Gasteiger partial charge in [-0.15, -0.1) is 0 Å². The number of ether oxygens (including phenoxy) is 1. The summed E-state index contributed by atoms with van der Waals surface area (Å²) >= 11 is 0. The van der Waals surface area contributed by atoms with E-state index in [2.05, 4.69) is 25.7 Å². The number of amides is 5. The standard InChI is InChI=1S/C14H25N7O5/c1-21(9-7-18-13(19-11(9)23)20-12(16)24)10(22)6-8(15)4-3-5-17-14(25)26-2/h8-9H,3-7,15H2,1-2H3,(H,17,25)(H4,16,18,19,20,23,24)/t8-,9?/m0/s1. The maximum absolute atomic E-state index is 12.3. The molecule has 0 aromatic heterocycles. The number of methoxy groups -OCH3 is 1. The van der Waals surface area contributed by atoms with Crippen molar-refractivity contribution in [3.8, 4) is 0 Å². The molecule has 2 atom stereocenters. The Kier molecular flexibility index (Phi) is 8.28. The Morgan fingerprint density at radius 1 is 1.46 bits per heavy atom. The second-order valence-electron chi connectivity index (χ2n) is 5.71. The third-order valence-corrected chi connectivity index (χ3v) is 3.71. The van der Waals surface area contributed by atoms with Gasteiger partial charge in [0.15, 0.2) is 0 Å². The van der Waals surface area contributed by atoms with Crippen molar-refractivity contribution in [1.82, 2.24) is 20.9 Å². The summed E-state index contributed by atoms with van der Waals surface area (Å²) in [5.74, 6) is -0.829. The number of hydrogen-bond acceptors (Lipinski definition) is 7. The van der Waals surface area contributed by atoms with E-state index in [9.17, 15) is 19.2 Å². The van der Waals surface area contributed by atoms with Gasteiger partial charge in [-0.25, -0.2) is 14.6 Å². The van der Waals surface area contributed by atoms with E-state index in [4.69, 9.17) is 11.5 Å². The predicted octanol–water partition coefficient (Wildman–Crippen LogP) is -2.18. The van der Waals surface area contributed by atoms with Gasteiger partial charge in [0, 0.05) is 26.1 Å². The second kappa shape index (κ2) is 10.2. The van der Waals surface area contributed by atoms with E-state index in [0.717, 1.165) is 0 Å². The maximum Gasteiger partial charge on any atom is 0.406 e. The Labute approximate surface area is 150 Å². The molecule has 1 heterocycles. The highest BCUT2D eigenvalue weighted by molar-refractivity contribution is 6.07. The predicted molar refractivity (Wildman–Crippen MR) is 92.0 cm³/mol. The molecule has 0 saturated carbocycles. The van der Waals surface area contributed by atoms with Gasteiger partial charge in [-0.3, -0.25) is 20.2 Å². The van der Waals surface area contributed by atoms with Crippen LogP contribution in [0, 0.1) is 0 Å². The lowest BCUT2D eigenvalue weighted by Crippen LogP contribution is -2.58. The van der Waals surface area contributed by atoms with Crippen molar-refractivity contribution in [2.24, 2.45) is 16.5 Å². The molecule has 1 aliphatic rings. The van der Waals surface area contributed by atoms with Crippen molar-refractivity contribution in [3.05, 3.63) is 0 Å². The van der Waals surface area contributed by atoms with E-state index in [-0.39, 0.29) is 24.8 Å². The van der Waals surface area contributed by atoms with E-state index < -0.39 is 30.1 Å². The van der Waals surface area contributed by atoms with Crippen LogP contribution in [0.15, 0.2) is 4.99 Å². The summed E-state index contributed by atoms with van der Waals surface area (Å²) in [6, 6.07) is -2.06. The third kappa shape index (κ3) is 6.93. The van der Waals surface area contributed by atoms with Crippen LogP contribution in [0.3, 0.4) is 0 Å². The Balaban J connectivity index is 2.42. The normalized spacial score (nSPS) is 17.4. The zero-order valence-corrected chi connectivity index (χ0v) is 14.8. The highest BCUT2D eigenvalue weighted by Crippen LogP contribution is 2.07. The van der Waals surface area contributed by atoms with Crippen molar-refractivity contribution >= 4 is 29.9 Å². The van der Waals surface area contributed by atoms with Gasteiger partial charge in [0.25, 0.3) is 5.91 Å². The molecule has 5 amide bonds. The number of rotatable bonds is 7. The largest absolute Gasteiger partial charge is 0.453 e. The van der Waals surface area contributed by atoms with Crippen molar-refractivity contribution in [2.45, 2.75) is 31.3 Å². The first-order valence-corrected chi connectivity index (χ1v) is 7.99. The zero-order valence-electron chi connectivity index (χ0n) is 14.8. The van der Waals surface area contributed by atoms with Gasteiger partial charge < -0.3 is 26.4 Å². The smallest absolute Gasteiger partial charge is 0.406 e. The lowest BCUT2D eigenvalue weighted by Gasteiger charge is -2.30. The molecule has 0 radical (unpaired) electrons. The van der Waals surface area contributed by atoms with Gasteiger partial charge in [-0.1, -0.05) is 0 Å². The number of aliphatic imine (C=N–C) groups is 1. The topological polar surface area (TPSA) is 181 Å². The van der Waals surface area contributed by atoms with Crippen LogP contribution in [0.25, 0.3) is 0 Å². The molecule has 0 spiro atoms. The lowest BCUT2D eigenvalue weighted by molar-refractivity contribution is -0.138. The SMILES string of the molecule is COC(=O)NCCC[C@H](N)CC(=O)N(C)C1CN=C(NC(N)=O)NC1=O. The summed E-state index contributed by atoms with van der Waals surface area (Å²) in [5, 5.41) is 7.06. The van der Waals surface area contributed by atoms with Crippen LogP contribution in [0.2, 0.25) is 0 Å². The van der Waals surface area contributed by atoms with Gasteiger partial charge in [-0.05, 0) is 12.8 Å². The highest BCUT2D eigenvalue weighted by atomic mass is 16.5. The summed E-state index contributed by atoms with van der Waals surface area (Å²) < 4.78 is 4.44. The Morgan fingerprint density at radius 3 is 2.73 bits per heavy atom. The molecule has 1 aliphatic heterocycles. The molecule has 0 aromatic rings. The summed E-state index contributed by atoms with van der Waals surface area (Å²) in [6.45, 7) is 0.391. The van der Waals surface area contributed by atoms with Crippen molar-refractivity contribution in [2.75, 3.05) is 27.2 Å². The number of nitrogens with one attached hydrogen (secondary N) is 3. The van der Waals surface area contributed by atoms with Crippen LogP contribution in [0.1, 0.15) is 19.3 Å². The summed E-state index contributed by atoms with van der Waals surface area (Å²) in [7, 11) is 2.76. The van der Waals surface area contributed by atoms with Crippen LogP contribution in [-0.4, -0.2) is 74.1 Å². The molecule has 0 fully saturated rings. The van der Waals surface area contributed by atoms with E-state index in [1.165, 1.54) is 19.1 Å². The molecule has 26 heavy (non-hydrogen) atoms. The van der Waals surface area contributed by atoms with Crippen LogP contribution in [-0.2, 0) is 14.3 Å². The average molecular weight is 371 g/mol. The number of nitrogens with two attached hydrogens (primary N) is 2. The van der Waals surface area contributed by atoms with Gasteiger partial charge in [0.2, 0.25) is 11.9 Å². The monoisotopic (exact) mass is 371 g/mol. The molecule has 1 rings (SSSR count). The molecule has 146 valence electrons. The minimum Gasteiger partial charge on any atom is -0.453 e. The van der Waals surface area contributed by atoms with Gasteiger partial charge in [0.05, 0.1) is 13.7 Å². The fraction of sp³-hybridized carbons (Fsp3) is 0.643. The number of likely N-dealkylation sites (N-methyl/N-ethyl adjacent to an activating group) is 1. The number of carbonyl (C=O) groups excluding carboxylic acids is 4. The number of hydrogen-bond donors (Lipinski definition) is 5. The maximum atomic E-state index is 12.3. The summed E-state index contributed by atoms with van der Waals surface area (Å²) in [5.41, 5.74) is 10.9. The van der Waals surface area contributed by atoms with E-state index in [1.807, 2.05) is 0 Å². The summed E-state index contributed by atoms with van der Waals surface area (Å²) in [4.78, 5) is 51.2. The molecule has 12 heteroatoms. The van der Waals surface area contributed by atoms with Crippen molar-refractivity contribution < 1.29 is 23.9 Å². The molecular weight excluding hydrogens is 346 g/mol. The third-order valence-electron chi connectivity index (χ3n) is 3.71. The van der Waals surface area contributed by atoms with E-state index in [1.54, 1.807) is 0 Å². The van der Waals surface area contributed by atoms with Crippen LogP contribution < -0.4 is 27.4 Å². The Bertz CT molecular complexity index is 580. The van der Waals surface area contributed by atoms with Crippen LogP contribution >= 0.6 is 0 Å². The molecule has 0 bridgehead atoms. The molecule has 12 nitrogen and oxygen atoms in total. The first kappa shape index (κ1) is 21.2. The first-order chi connectivity index (χ1) is 12.2. The Hall–Kier alpha value is -2.89. The molecule has 0 aliphatic carbocycles.